The number of fused-ring (bicyclic) bond motifs is 1. The molecule has 0 aliphatic heterocycles. The maximum atomic E-state index is 12.0. The highest BCUT2D eigenvalue weighted by Gasteiger charge is 2.37. The Bertz CT molecular complexity index is 648. The van der Waals surface area contributed by atoms with E-state index in [1.165, 1.54) is 0 Å². The van der Waals surface area contributed by atoms with Gasteiger partial charge in [0.1, 0.15) is 11.5 Å². The number of alkyl halides is 1. The second-order valence-electron chi connectivity index (χ2n) is 5.75. The van der Waals surface area contributed by atoms with Crippen LogP contribution in [0.4, 0.5) is 0 Å². The van der Waals surface area contributed by atoms with E-state index in [4.69, 9.17) is 16.0 Å². The second kappa shape index (κ2) is 5.70. The van der Waals surface area contributed by atoms with Crippen LogP contribution in [0.15, 0.2) is 34.9 Å². The highest BCUT2D eigenvalue weighted by Crippen LogP contribution is 2.32. The summed E-state index contributed by atoms with van der Waals surface area (Å²) >= 11 is 5.69. The first-order valence-electron chi connectivity index (χ1n) is 7.12. The third-order valence-corrected chi connectivity index (χ3v) is 4.36. The van der Waals surface area contributed by atoms with Gasteiger partial charge in [0.05, 0.1) is 11.9 Å². The first-order chi connectivity index (χ1) is 10.1. The zero-order chi connectivity index (χ0) is 14.9. The maximum Gasteiger partial charge on any atom is 0.237 e. The summed E-state index contributed by atoms with van der Waals surface area (Å²) in [7, 11) is 0. The zero-order valence-corrected chi connectivity index (χ0v) is 12.5. The molecule has 0 spiro atoms. The average Bonchev–Trinajstić information content (AvgIpc) is 2.91. The Morgan fingerprint density at radius 3 is 2.86 bits per heavy atom. The van der Waals surface area contributed by atoms with Crippen molar-refractivity contribution in [3.05, 3.63) is 36.1 Å². The van der Waals surface area contributed by atoms with E-state index in [1.54, 1.807) is 11.2 Å². The van der Waals surface area contributed by atoms with Gasteiger partial charge >= 0.3 is 0 Å². The lowest BCUT2D eigenvalue weighted by Gasteiger charge is -2.40. The zero-order valence-electron chi connectivity index (χ0n) is 11.7. The number of amides is 1. The third-order valence-electron chi connectivity index (χ3n) is 4.13. The number of furan rings is 1. The molecule has 1 aliphatic carbocycles. The molecule has 5 heteroatoms. The van der Waals surface area contributed by atoms with E-state index in [9.17, 15) is 9.90 Å². The van der Waals surface area contributed by atoms with Gasteiger partial charge in [-0.3, -0.25) is 4.79 Å². The van der Waals surface area contributed by atoms with Gasteiger partial charge in [-0.2, -0.15) is 0 Å². The predicted octanol–water partition coefficient (Wildman–Crippen LogP) is 2.92. The quantitative estimate of drug-likeness (QED) is 0.864. The molecule has 21 heavy (non-hydrogen) atoms. The van der Waals surface area contributed by atoms with Crippen molar-refractivity contribution in [3.8, 4) is 0 Å². The van der Waals surface area contributed by atoms with Gasteiger partial charge in [-0.05, 0) is 43.0 Å². The molecule has 3 rings (SSSR count). The number of carbonyl (C=O) groups is 1. The fraction of sp³-hybridized carbons (Fsp3) is 0.438. The molecule has 1 fully saturated rings. The molecule has 1 aromatic heterocycles. The Morgan fingerprint density at radius 2 is 2.19 bits per heavy atom. The molecule has 4 nitrogen and oxygen atoms in total. The van der Waals surface area contributed by atoms with Crippen molar-refractivity contribution in [1.82, 2.24) is 4.90 Å². The summed E-state index contributed by atoms with van der Waals surface area (Å²) < 4.78 is 5.31. The fourth-order valence-corrected chi connectivity index (χ4v) is 2.92. The smallest absolute Gasteiger partial charge is 0.237 e. The number of rotatable bonds is 5. The molecule has 0 bridgehead atoms. The minimum atomic E-state index is -0.735. The molecule has 1 N–H and O–H groups in total. The van der Waals surface area contributed by atoms with Crippen LogP contribution in [0.1, 0.15) is 24.8 Å². The molecule has 0 saturated heterocycles. The van der Waals surface area contributed by atoms with Crippen LogP contribution >= 0.6 is 11.6 Å². The van der Waals surface area contributed by atoms with Crippen molar-refractivity contribution >= 4 is 28.5 Å². The van der Waals surface area contributed by atoms with Crippen LogP contribution in [-0.4, -0.2) is 33.9 Å². The lowest BCUT2D eigenvalue weighted by molar-refractivity contribution is -0.136. The second-order valence-corrected chi connectivity index (χ2v) is 6.02. The van der Waals surface area contributed by atoms with E-state index in [2.05, 4.69) is 0 Å². The van der Waals surface area contributed by atoms with Crippen LogP contribution in [0.5, 0.6) is 0 Å². The van der Waals surface area contributed by atoms with Crippen molar-refractivity contribution in [2.75, 3.05) is 12.4 Å². The highest BCUT2D eigenvalue weighted by molar-refractivity contribution is 6.27. The van der Waals surface area contributed by atoms with Gasteiger partial charge in [-0.15, -0.1) is 11.6 Å². The van der Waals surface area contributed by atoms with Gasteiger partial charge in [-0.25, -0.2) is 0 Å². The van der Waals surface area contributed by atoms with Crippen molar-refractivity contribution in [2.45, 2.75) is 31.4 Å². The van der Waals surface area contributed by atoms with E-state index in [-0.39, 0.29) is 11.8 Å². The summed E-state index contributed by atoms with van der Waals surface area (Å²) in [5.41, 5.74) is 1.10. The molecule has 1 saturated carbocycles. The summed E-state index contributed by atoms with van der Waals surface area (Å²) in [5.74, 6) is -0.214. The molecule has 0 unspecified atom stereocenters. The van der Waals surface area contributed by atoms with E-state index < -0.39 is 5.60 Å². The van der Waals surface area contributed by atoms with Crippen LogP contribution in [0.2, 0.25) is 0 Å². The summed E-state index contributed by atoms with van der Waals surface area (Å²) in [4.78, 5) is 13.7. The molecule has 1 amide bonds. The van der Waals surface area contributed by atoms with E-state index >= 15 is 0 Å². The summed E-state index contributed by atoms with van der Waals surface area (Å²) in [5, 5.41) is 11.3. The molecule has 112 valence electrons. The number of aliphatic hydroxyl groups is 1. The Kier molecular flexibility index (Phi) is 3.91. The summed E-state index contributed by atoms with van der Waals surface area (Å²) in [6.07, 6.45) is 4.16. The number of hydrogen-bond acceptors (Lipinski definition) is 3. The molecule has 2 aromatic rings. The SMILES string of the molecule is O=C(CCl)N(Cc1ccc2occc2c1)CC1(O)CCC1. The average molecular weight is 308 g/mol. The Balaban J connectivity index is 1.77. The fourth-order valence-electron chi connectivity index (χ4n) is 2.75. The van der Waals surface area contributed by atoms with Crippen LogP contribution in [0, 0.1) is 0 Å². The van der Waals surface area contributed by atoms with Crippen molar-refractivity contribution < 1.29 is 14.3 Å². The van der Waals surface area contributed by atoms with Gasteiger partial charge in [0.15, 0.2) is 0 Å². The highest BCUT2D eigenvalue weighted by atomic mass is 35.5. The maximum absolute atomic E-state index is 12.0. The topological polar surface area (TPSA) is 53.7 Å². The van der Waals surface area contributed by atoms with Gasteiger partial charge in [0, 0.05) is 18.5 Å². The van der Waals surface area contributed by atoms with Crippen LogP contribution in [0.25, 0.3) is 11.0 Å². The van der Waals surface area contributed by atoms with Crippen molar-refractivity contribution in [1.29, 1.82) is 0 Å². The Morgan fingerprint density at radius 1 is 1.38 bits per heavy atom. The van der Waals surface area contributed by atoms with E-state index in [0.29, 0.717) is 13.1 Å². The molecular weight excluding hydrogens is 290 g/mol. The predicted molar refractivity (Wildman–Crippen MR) is 81.2 cm³/mol. The first-order valence-corrected chi connectivity index (χ1v) is 7.65. The third kappa shape index (κ3) is 3.06. The van der Waals surface area contributed by atoms with Crippen LogP contribution in [0.3, 0.4) is 0 Å². The largest absolute Gasteiger partial charge is 0.464 e. The van der Waals surface area contributed by atoms with Crippen LogP contribution in [-0.2, 0) is 11.3 Å². The number of halogens is 1. The number of carbonyl (C=O) groups excluding carboxylic acids is 1. The van der Waals surface area contributed by atoms with E-state index in [0.717, 1.165) is 35.8 Å². The van der Waals surface area contributed by atoms with Gasteiger partial charge in [-0.1, -0.05) is 6.07 Å². The lowest BCUT2D eigenvalue weighted by atomic mass is 9.80. The Hall–Kier alpha value is -1.52. The Labute approximate surface area is 128 Å². The molecule has 0 atom stereocenters. The van der Waals surface area contributed by atoms with Crippen molar-refractivity contribution in [3.63, 3.8) is 0 Å². The van der Waals surface area contributed by atoms with E-state index in [1.807, 2.05) is 24.3 Å². The molecule has 1 aromatic carbocycles. The number of hydrogen-bond donors (Lipinski definition) is 1. The van der Waals surface area contributed by atoms with Gasteiger partial charge < -0.3 is 14.4 Å². The first kappa shape index (κ1) is 14.4. The van der Waals surface area contributed by atoms with Crippen LogP contribution < -0.4 is 0 Å². The lowest BCUT2D eigenvalue weighted by Crippen LogP contribution is -2.49. The minimum Gasteiger partial charge on any atom is -0.464 e. The normalized spacial score (nSPS) is 16.7. The summed E-state index contributed by atoms with van der Waals surface area (Å²) in [6.45, 7) is 0.803. The van der Waals surface area contributed by atoms with Crippen molar-refractivity contribution in [2.24, 2.45) is 0 Å². The van der Waals surface area contributed by atoms with Gasteiger partial charge in [0.2, 0.25) is 5.91 Å². The number of benzene rings is 1. The molecule has 1 aliphatic rings. The molecular formula is C16H18ClNO3. The van der Waals surface area contributed by atoms with Gasteiger partial charge in [0.25, 0.3) is 0 Å². The minimum absolute atomic E-state index is 0.0654. The molecule has 0 radical (unpaired) electrons. The standard InChI is InChI=1S/C16H18ClNO3/c17-9-15(19)18(11-16(20)5-1-6-16)10-12-2-3-14-13(8-12)4-7-21-14/h2-4,7-8,20H,1,5-6,9-11H2. The summed E-state index contributed by atoms with van der Waals surface area (Å²) in [6, 6.07) is 7.72. The monoisotopic (exact) mass is 307 g/mol. The molecule has 1 heterocycles. The number of nitrogens with zero attached hydrogens (tertiary/aromatic N) is 1.